The summed E-state index contributed by atoms with van der Waals surface area (Å²) in [6.07, 6.45) is 3.35. The van der Waals surface area contributed by atoms with E-state index in [1.54, 1.807) is 7.11 Å². The predicted molar refractivity (Wildman–Crippen MR) is 118 cm³/mol. The Bertz CT molecular complexity index is 1050. The van der Waals surface area contributed by atoms with Gasteiger partial charge in [0.05, 0.1) is 12.7 Å². The second-order valence-electron chi connectivity index (χ2n) is 7.63. The summed E-state index contributed by atoms with van der Waals surface area (Å²) in [6.45, 7) is 2.06. The van der Waals surface area contributed by atoms with Gasteiger partial charge in [-0.1, -0.05) is 36.4 Å². The number of rotatable bonds is 5. The van der Waals surface area contributed by atoms with Gasteiger partial charge in [0.25, 0.3) is 11.8 Å². The molecule has 154 valence electrons. The smallest absolute Gasteiger partial charge is 0.255 e. The lowest BCUT2D eigenvalue weighted by Gasteiger charge is -2.26. The van der Waals surface area contributed by atoms with Crippen molar-refractivity contribution >= 4 is 22.6 Å². The highest BCUT2D eigenvalue weighted by Crippen LogP contribution is 2.26. The number of piperidine rings is 1. The molecule has 0 aromatic heterocycles. The Balaban J connectivity index is 1.42. The van der Waals surface area contributed by atoms with E-state index in [1.165, 1.54) is 6.42 Å². The van der Waals surface area contributed by atoms with Crippen LogP contribution in [0.1, 0.15) is 45.5 Å². The summed E-state index contributed by atoms with van der Waals surface area (Å²) in [5, 5.41) is 4.97. The van der Waals surface area contributed by atoms with E-state index in [4.69, 9.17) is 4.74 Å². The topological polar surface area (TPSA) is 58.6 Å². The second-order valence-corrected chi connectivity index (χ2v) is 7.63. The van der Waals surface area contributed by atoms with Crippen molar-refractivity contribution in [2.24, 2.45) is 0 Å². The largest absolute Gasteiger partial charge is 0.496 e. The number of methoxy groups -OCH3 is 1. The van der Waals surface area contributed by atoms with Crippen molar-refractivity contribution in [3.8, 4) is 5.75 Å². The van der Waals surface area contributed by atoms with Crippen molar-refractivity contribution in [2.45, 2.75) is 25.8 Å². The molecule has 3 aromatic rings. The van der Waals surface area contributed by atoms with E-state index in [0.29, 0.717) is 23.4 Å². The summed E-state index contributed by atoms with van der Waals surface area (Å²) in [4.78, 5) is 27.3. The molecule has 0 saturated carbocycles. The number of hydrogen-bond acceptors (Lipinski definition) is 3. The lowest BCUT2D eigenvalue weighted by atomic mass is 10.0. The lowest BCUT2D eigenvalue weighted by molar-refractivity contribution is 0.0724. The molecule has 1 aliphatic rings. The van der Waals surface area contributed by atoms with Gasteiger partial charge in [0.2, 0.25) is 0 Å². The van der Waals surface area contributed by atoms with Crippen LogP contribution in [0.3, 0.4) is 0 Å². The quantitative estimate of drug-likeness (QED) is 0.688. The second kappa shape index (κ2) is 8.99. The molecule has 2 amide bonds. The first kappa shape index (κ1) is 20.0. The Kier molecular flexibility index (Phi) is 5.98. The van der Waals surface area contributed by atoms with E-state index in [9.17, 15) is 9.59 Å². The zero-order valence-electron chi connectivity index (χ0n) is 17.2. The number of carbonyl (C=O) groups is 2. The van der Waals surface area contributed by atoms with Crippen LogP contribution in [0, 0.1) is 0 Å². The number of ether oxygens (including phenoxy) is 1. The minimum atomic E-state index is -0.189. The van der Waals surface area contributed by atoms with Crippen LogP contribution in [-0.4, -0.2) is 36.9 Å². The van der Waals surface area contributed by atoms with Gasteiger partial charge in [-0.05, 0) is 59.9 Å². The van der Waals surface area contributed by atoms with Crippen LogP contribution in [0.4, 0.5) is 0 Å². The minimum Gasteiger partial charge on any atom is -0.496 e. The van der Waals surface area contributed by atoms with E-state index in [2.05, 4.69) is 5.32 Å². The van der Waals surface area contributed by atoms with Gasteiger partial charge in [-0.15, -0.1) is 0 Å². The van der Waals surface area contributed by atoms with Gasteiger partial charge in [0, 0.05) is 25.2 Å². The van der Waals surface area contributed by atoms with Crippen molar-refractivity contribution in [1.82, 2.24) is 10.2 Å². The highest BCUT2D eigenvalue weighted by molar-refractivity contribution is 6.01. The fourth-order valence-electron chi connectivity index (χ4n) is 3.89. The zero-order valence-corrected chi connectivity index (χ0v) is 17.2. The van der Waals surface area contributed by atoms with Gasteiger partial charge in [0.15, 0.2) is 0 Å². The molecule has 1 fully saturated rings. The lowest BCUT2D eigenvalue weighted by Crippen LogP contribution is -2.35. The first-order valence-electron chi connectivity index (χ1n) is 10.4. The van der Waals surface area contributed by atoms with Crippen LogP contribution >= 0.6 is 0 Å². The molecule has 30 heavy (non-hydrogen) atoms. The van der Waals surface area contributed by atoms with E-state index in [1.807, 2.05) is 65.6 Å². The van der Waals surface area contributed by atoms with Crippen LogP contribution in [0.15, 0.2) is 60.7 Å². The molecule has 0 aliphatic carbocycles. The van der Waals surface area contributed by atoms with E-state index < -0.39 is 0 Å². The number of amides is 2. The normalized spacial score (nSPS) is 13.8. The van der Waals surface area contributed by atoms with Crippen molar-refractivity contribution in [3.05, 3.63) is 77.4 Å². The summed E-state index contributed by atoms with van der Waals surface area (Å²) in [5.74, 6) is 0.450. The SMILES string of the molecule is COc1cc2ccccc2cc1C(=O)NCc1ccc(C(=O)N2CCCCC2)cc1. The van der Waals surface area contributed by atoms with Crippen LogP contribution < -0.4 is 10.1 Å². The van der Waals surface area contributed by atoms with E-state index in [0.717, 1.165) is 42.3 Å². The average molecular weight is 402 g/mol. The number of carbonyl (C=O) groups excluding carboxylic acids is 2. The number of hydrogen-bond donors (Lipinski definition) is 1. The molecule has 1 saturated heterocycles. The number of likely N-dealkylation sites (tertiary alicyclic amines) is 1. The molecule has 4 rings (SSSR count). The minimum absolute atomic E-state index is 0.0891. The zero-order chi connectivity index (χ0) is 20.9. The van der Waals surface area contributed by atoms with Crippen molar-refractivity contribution < 1.29 is 14.3 Å². The van der Waals surface area contributed by atoms with E-state index >= 15 is 0 Å². The van der Waals surface area contributed by atoms with Crippen LogP contribution in [0.25, 0.3) is 10.8 Å². The predicted octanol–water partition coefficient (Wildman–Crippen LogP) is 4.40. The Morgan fingerprint density at radius 1 is 0.933 bits per heavy atom. The molecular formula is C25H26N2O3. The van der Waals surface area contributed by atoms with Crippen LogP contribution in [0.5, 0.6) is 5.75 Å². The molecule has 3 aromatic carbocycles. The summed E-state index contributed by atoms with van der Waals surface area (Å²) >= 11 is 0. The molecule has 0 spiro atoms. The fraction of sp³-hybridized carbons (Fsp3) is 0.280. The Morgan fingerprint density at radius 3 is 2.27 bits per heavy atom. The monoisotopic (exact) mass is 402 g/mol. The average Bonchev–Trinajstić information content (AvgIpc) is 2.82. The molecule has 0 atom stereocenters. The molecular weight excluding hydrogens is 376 g/mol. The molecule has 1 heterocycles. The molecule has 0 bridgehead atoms. The Hall–Kier alpha value is -3.34. The van der Waals surface area contributed by atoms with Gasteiger partial charge in [-0.25, -0.2) is 0 Å². The summed E-state index contributed by atoms with van der Waals surface area (Å²) in [7, 11) is 1.57. The Morgan fingerprint density at radius 2 is 1.60 bits per heavy atom. The number of nitrogens with one attached hydrogen (secondary N) is 1. The highest BCUT2D eigenvalue weighted by atomic mass is 16.5. The highest BCUT2D eigenvalue weighted by Gasteiger charge is 2.18. The summed E-state index contributed by atoms with van der Waals surface area (Å²) in [6, 6.07) is 19.1. The van der Waals surface area contributed by atoms with Gasteiger partial charge in [-0.2, -0.15) is 0 Å². The van der Waals surface area contributed by atoms with Crippen molar-refractivity contribution in [2.75, 3.05) is 20.2 Å². The molecule has 5 nitrogen and oxygen atoms in total. The van der Waals surface area contributed by atoms with E-state index in [-0.39, 0.29) is 11.8 Å². The standard InChI is InChI=1S/C25H26N2O3/c1-30-23-16-21-8-4-3-7-20(21)15-22(23)24(28)26-17-18-9-11-19(12-10-18)25(29)27-13-5-2-6-14-27/h3-4,7-12,15-16H,2,5-6,13-14,17H2,1H3,(H,26,28). The molecule has 1 aliphatic heterocycles. The first-order valence-corrected chi connectivity index (χ1v) is 10.4. The van der Waals surface area contributed by atoms with Crippen molar-refractivity contribution in [3.63, 3.8) is 0 Å². The number of benzene rings is 3. The molecule has 0 radical (unpaired) electrons. The summed E-state index contributed by atoms with van der Waals surface area (Å²) < 4.78 is 5.42. The van der Waals surface area contributed by atoms with Gasteiger partial charge < -0.3 is 15.0 Å². The van der Waals surface area contributed by atoms with Crippen LogP contribution in [-0.2, 0) is 6.54 Å². The molecule has 1 N–H and O–H groups in total. The third kappa shape index (κ3) is 4.30. The molecule has 0 unspecified atom stereocenters. The third-order valence-corrected chi connectivity index (χ3v) is 5.61. The fourth-order valence-corrected chi connectivity index (χ4v) is 3.89. The third-order valence-electron chi connectivity index (χ3n) is 5.61. The van der Waals surface area contributed by atoms with Gasteiger partial charge >= 0.3 is 0 Å². The van der Waals surface area contributed by atoms with Crippen LogP contribution in [0.2, 0.25) is 0 Å². The maximum Gasteiger partial charge on any atom is 0.255 e. The first-order chi connectivity index (χ1) is 14.7. The van der Waals surface area contributed by atoms with Gasteiger partial charge in [-0.3, -0.25) is 9.59 Å². The van der Waals surface area contributed by atoms with Crippen molar-refractivity contribution in [1.29, 1.82) is 0 Å². The van der Waals surface area contributed by atoms with Gasteiger partial charge in [0.1, 0.15) is 5.75 Å². The maximum atomic E-state index is 12.8. The number of nitrogens with zero attached hydrogens (tertiary/aromatic N) is 1. The number of fused-ring (bicyclic) bond motifs is 1. The summed E-state index contributed by atoms with van der Waals surface area (Å²) in [5.41, 5.74) is 2.15. The Labute approximate surface area is 176 Å². The maximum absolute atomic E-state index is 12.8. The molecule has 5 heteroatoms.